The van der Waals surface area contributed by atoms with Gasteiger partial charge in [-0.1, -0.05) is 24.8 Å². The molecule has 0 aromatic carbocycles. The third-order valence-corrected chi connectivity index (χ3v) is 3.83. The van der Waals surface area contributed by atoms with Gasteiger partial charge >= 0.3 is 0 Å². The monoisotopic (exact) mass is 227 g/mol. The molecule has 0 atom stereocenters. The molecule has 1 aliphatic rings. The van der Waals surface area contributed by atoms with Gasteiger partial charge in [-0.2, -0.15) is 4.31 Å². The summed E-state index contributed by atoms with van der Waals surface area (Å²) in [6, 6.07) is 0. The predicted octanol–water partition coefficient (Wildman–Crippen LogP) is 1.71. The number of nitrogens with zero attached hydrogens (tertiary/aromatic N) is 1. The Balaban J connectivity index is 3.02. The van der Waals surface area contributed by atoms with E-state index in [2.05, 4.69) is 13.2 Å². The van der Waals surface area contributed by atoms with Crippen molar-refractivity contribution in [3.63, 3.8) is 0 Å². The van der Waals surface area contributed by atoms with E-state index in [0.717, 1.165) is 23.1 Å². The predicted molar refractivity (Wildman–Crippen MR) is 63.1 cm³/mol. The number of allylic oxidation sites excluding steroid dienone is 1. The second-order valence-corrected chi connectivity index (χ2v) is 5.82. The summed E-state index contributed by atoms with van der Waals surface area (Å²) in [5, 5.41) is 0. The fourth-order valence-electron chi connectivity index (χ4n) is 1.72. The minimum Gasteiger partial charge on any atom is -0.212 e. The van der Waals surface area contributed by atoms with Gasteiger partial charge in [-0.25, -0.2) is 8.42 Å². The second kappa shape index (κ2) is 4.33. The first-order chi connectivity index (χ1) is 6.86. The average molecular weight is 227 g/mol. The van der Waals surface area contributed by atoms with E-state index in [4.69, 9.17) is 0 Å². The first kappa shape index (κ1) is 12.2. The highest BCUT2D eigenvalue weighted by molar-refractivity contribution is 7.88. The van der Waals surface area contributed by atoms with Gasteiger partial charge in [0.05, 0.1) is 6.26 Å². The van der Waals surface area contributed by atoms with E-state index in [-0.39, 0.29) is 0 Å². The molecule has 0 fully saturated rings. The Morgan fingerprint density at radius 3 is 2.53 bits per heavy atom. The standard InChI is InChI=1S/C11H17NO2S/c1-5-10-8-12(15(4,13)14)7-6-11(10)9(2)3/h5H,1-2,6-8H2,3-4H3. The van der Waals surface area contributed by atoms with Gasteiger partial charge in [0.25, 0.3) is 0 Å². The van der Waals surface area contributed by atoms with E-state index >= 15 is 0 Å². The van der Waals surface area contributed by atoms with Crippen LogP contribution in [0.15, 0.2) is 36.0 Å². The van der Waals surface area contributed by atoms with Crippen molar-refractivity contribution >= 4 is 10.0 Å². The molecule has 84 valence electrons. The summed E-state index contributed by atoms with van der Waals surface area (Å²) in [6.45, 7) is 10.5. The summed E-state index contributed by atoms with van der Waals surface area (Å²) in [7, 11) is -3.10. The summed E-state index contributed by atoms with van der Waals surface area (Å²) in [6.07, 6.45) is 3.69. The van der Waals surface area contributed by atoms with E-state index in [0.29, 0.717) is 13.1 Å². The van der Waals surface area contributed by atoms with E-state index in [1.165, 1.54) is 10.6 Å². The number of sulfonamides is 1. The molecule has 1 aliphatic heterocycles. The molecule has 0 radical (unpaired) electrons. The first-order valence-electron chi connectivity index (χ1n) is 4.81. The lowest BCUT2D eigenvalue weighted by Crippen LogP contribution is -2.36. The highest BCUT2D eigenvalue weighted by Gasteiger charge is 2.23. The summed E-state index contributed by atoms with van der Waals surface area (Å²) >= 11 is 0. The number of rotatable bonds is 3. The Kier molecular flexibility index (Phi) is 3.52. The summed E-state index contributed by atoms with van der Waals surface area (Å²) in [5.74, 6) is 0. The SMILES string of the molecule is C=CC1=C(C(=C)C)CCN(S(C)(=O)=O)C1. The molecular formula is C11H17NO2S. The van der Waals surface area contributed by atoms with E-state index < -0.39 is 10.0 Å². The van der Waals surface area contributed by atoms with Gasteiger partial charge in [0, 0.05) is 13.1 Å². The molecule has 1 heterocycles. The highest BCUT2D eigenvalue weighted by Crippen LogP contribution is 2.25. The minimum atomic E-state index is -3.10. The van der Waals surface area contributed by atoms with Crippen LogP contribution < -0.4 is 0 Å². The lowest BCUT2D eigenvalue weighted by molar-refractivity contribution is 0.430. The van der Waals surface area contributed by atoms with E-state index in [9.17, 15) is 8.42 Å². The quantitative estimate of drug-likeness (QED) is 0.736. The van der Waals surface area contributed by atoms with Crippen LogP contribution in [0.2, 0.25) is 0 Å². The van der Waals surface area contributed by atoms with Crippen molar-refractivity contribution in [2.75, 3.05) is 19.3 Å². The van der Waals surface area contributed by atoms with Crippen LogP contribution in [-0.2, 0) is 10.0 Å². The maximum atomic E-state index is 11.4. The van der Waals surface area contributed by atoms with Crippen LogP contribution >= 0.6 is 0 Å². The molecule has 0 aromatic heterocycles. The Morgan fingerprint density at radius 1 is 1.53 bits per heavy atom. The van der Waals surface area contributed by atoms with Crippen molar-refractivity contribution in [2.45, 2.75) is 13.3 Å². The van der Waals surface area contributed by atoms with Crippen molar-refractivity contribution < 1.29 is 8.42 Å². The van der Waals surface area contributed by atoms with Gasteiger partial charge in [-0.15, -0.1) is 0 Å². The van der Waals surface area contributed by atoms with Gasteiger partial charge < -0.3 is 0 Å². The molecule has 15 heavy (non-hydrogen) atoms. The molecule has 3 nitrogen and oxygen atoms in total. The molecule has 0 N–H and O–H groups in total. The van der Waals surface area contributed by atoms with Crippen LogP contribution in [0.3, 0.4) is 0 Å². The molecule has 0 saturated heterocycles. The largest absolute Gasteiger partial charge is 0.212 e. The molecule has 0 aliphatic carbocycles. The molecule has 0 aromatic rings. The Hall–Kier alpha value is -0.870. The third-order valence-electron chi connectivity index (χ3n) is 2.58. The van der Waals surface area contributed by atoms with Gasteiger partial charge in [-0.05, 0) is 24.5 Å². The van der Waals surface area contributed by atoms with E-state index in [1.807, 2.05) is 6.92 Å². The molecule has 0 bridgehead atoms. The van der Waals surface area contributed by atoms with Crippen LogP contribution in [0.5, 0.6) is 0 Å². The zero-order chi connectivity index (χ0) is 11.6. The third kappa shape index (κ3) is 2.79. The number of hydrogen-bond donors (Lipinski definition) is 0. The normalized spacial score (nSPS) is 19.1. The highest BCUT2D eigenvalue weighted by atomic mass is 32.2. The summed E-state index contributed by atoms with van der Waals surface area (Å²) in [5.41, 5.74) is 3.11. The lowest BCUT2D eigenvalue weighted by Gasteiger charge is -2.28. The van der Waals surface area contributed by atoms with Crippen molar-refractivity contribution in [1.29, 1.82) is 0 Å². The lowest BCUT2D eigenvalue weighted by atomic mass is 9.96. The molecule has 1 rings (SSSR count). The maximum absolute atomic E-state index is 11.4. The molecular weight excluding hydrogens is 210 g/mol. The van der Waals surface area contributed by atoms with Crippen molar-refractivity contribution in [3.05, 3.63) is 36.0 Å². The van der Waals surface area contributed by atoms with Gasteiger partial charge in [0.2, 0.25) is 10.0 Å². The van der Waals surface area contributed by atoms with Crippen molar-refractivity contribution in [3.8, 4) is 0 Å². The fraction of sp³-hybridized carbons (Fsp3) is 0.455. The van der Waals surface area contributed by atoms with Gasteiger partial charge in [0.1, 0.15) is 0 Å². The molecule has 0 saturated carbocycles. The smallest absolute Gasteiger partial charge is 0.211 e. The minimum absolute atomic E-state index is 0.421. The molecule has 0 unspecified atom stereocenters. The fourth-order valence-corrected chi connectivity index (χ4v) is 2.52. The van der Waals surface area contributed by atoms with Crippen LogP contribution in [0.1, 0.15) is 13.3 Å². The second-order valence-electron chi connectivity index (χ2n) is 3.83. The van der Waals surface area contributed by atoms with Gasteiger partial charge in [0.15, 0.2) is 0 Å². The van der Waals surface area contributed by atoms with Crippen LogP contribution in [-0.4, -0.2) is 32.1 Å². The summed E-state index contributed by atoms with van der Waals surface area (Å²) < 4.78 is 24.2. The Labute approximate surface area is 91.8 Å². The van der Waals surface area contributed by atoms with Gasteiger partial charge in [-0.3, -0.25) is 0 Å². The van der Waals surface area contributed by atoms with Crippen molar-refractivity contribution in [2.24, 2.45) is 0 Å². The maximum Gasteiger partial charge on any atom is 0.211 e. The summed E-state index contributed by atoms with van der Waals surface area (Å²) in [4.78, 5) is 0. The first-order valence-corrected chi connectivity index (χ1v) is 6.66. The molecule has 4 heteroatoms. The van der Waals surface area contributed by atoms with Crippen LogP contribution in [0, 0.1) is 0 Å². The Morgan fingerprint density at radius 2 is 2.13 bits per heavy atom. The Bertz CT molecular complexity index is 418. The molecule has 0 amide bonds. The van der Waals surface area contributed by atoms with E-state index in [1.54, 1.807) is 6.08 Å². The van der Waals surface area contributed by atoms with Crippen LogP contribution in [0.25, 0.3) is 0 Å². The molecule has 0 spiro atoms. The van der Waals surface area contributed by atoms with Crippen LogP contribution in [0.4, 0.5) is 0 Å². The zero-order valence-electron chi connectivity index (χ0n) is 9.28. The van der Waals surface area contributed by atoms with Crippen molar-refractivity contribution in [1.82, 2.24) is 4.31 Å². The average Bonchev–Trinajstić information content (AvgIpc) is 2.15. The zero-order valence-corrected chi connectivity index (χ0v) is 10.1. The topological polar surface area (TPSA) is 37.4 Å². The number of hydrogen-bond acceptors (Lipinski definition) is 2.